The Bertz CT molecular complexity index is 259. The Morgan fingerprint density at radius 1 is 1.31 bits per heavy atom. The van der Waals surface area contributed by atoms with Crippen LogP contribution in [0.15, 0.2) is 34.9 Å². The van der Waals surface area contributed by atoms with Crippen LogP contribution in [0.5, 0.6) is 0 Å². The molecule has 0 saturated carbocycles. The van der Waals surface area contributed by atoms with Gasteiger partial charge in [-0.05, 0) is 17.6 Å². The van der Waals surface area contributed by atoms with E-state index in [2.05, 4.69) is 26.0 Å². The van der Waals surface area contributed by atoms with Crippen LogP contribution in [0.1, 0.15) is 20.3 Å². The Hall–Kier alpha value is -0.200. The highest BCUT2D eigenvalue weighted by Gasteiger charge is 2.13. The molecular weight excluding hydrogens is 203 g/mol. The molecule has 1 unspecified atom stereocenters. The topological polar surface area (TPSA) is 0 Å². The van der Waals surface area contributed by atoms with Gasteiger partial charge in [-0.15, -0.1) is 11.6 Å². The first-order valence-electron chi connectivity index (χ1n) is 4.48. The van der Waals surface area contributed by atoms with Gasteiger partial charge in [0, 0.05) is 11.5 Å². The van der Waals surface area contributed by atoms with E-state index in [1.807, 2.05) is 12.2 Å². The first-order valence-corrected chi connectivity index (χ1v) is 5.29. The molecule has 0 saturated heterocycles. The largest absolute Gasteiger partial charge is 0.118 e. The number of allylic oxidation sites excluding steroid dienone is 6. The molecular formula is C11H14Cl2. The van der Waals surface area contributed by atoms with E-state index in [1.165, 1.54) is 0 Å². The van der Waals surface area contributed by atoms with Gasteiger partial charge in [-0.1, -0.05) is 43.7 Å². The van der Waals surface area contributed by atoms with E-state index in [1.54, 1.807) is 0 Å². The molecule has 0 aromatic carbocycles. The second kappa shape index (κ2) is 4.88. The first-order chi connectivity index (χ1) is 6.11. The molecule has 1 aliphatic carbocycles. The Morgan fingerprint density at radius 3 is 2.62 bits per heavy atom. The summed E-state index contributed by atoms with van der Waals surface area (Å²) in [7, 11) is 0. The second-order valence-corrected chi connectivity index (χ2v) is 4.49. The van der Waals surface area contributed by atoms with Crippen LogP contribution < -0.4 is 0 Å². The molecule has 13 heavy (non-hydrogen) atoms. The predicted molar refractivity (Wildman–Crippen MR) is 60.3 cm³/mol. The van der Waals surface area contributed by atoms with Gasteiger partial charge < -0.3 is 0 Å². The van der Waals surface area contributed by atoms with E-state index in [0.29, 0.717) is 5.92 Å². The lowest BCUT2D eigenvalue weighted by Crippen LogP contribution is -2.09. The molecule has 0 nitrogen and oxygen atoms in total. The minimum absolute atomic E-state index is 0.0788. The van der Waals surface area contributed by atoms with Gasteiger partial charge >= 0.3 is 0 Å². The standard InChI is InChI=1S/C11H14Cl2/c1-8(2)11(13)9-4-3-5-10(12)7-6-9/h3-4,6-8,11H,5H2,1-2H3. The number of hydrogen-bond donors (Lipinski definition) is 0. The van der Waals surface area contributed by atoms with Crippen molar-refractivity contribution in [3.63, 3.8) is 0 Å². The summed E-state index contributed by atoms with van der Waals surface area (Å²) < 4.78 is 0. The highest BCUT2D eigenvalue weighted by molar-refractivity contribution is 6.29. The number of alkyl halides is 1. The van der Waals surface area contributed by atoms with E-state index in [4.69, 9.17) is 23.2 Å². The van der Waals surface area contributed by atoms with E-state index < -0.39 is 0 Å². The molecule has 0 heterocycles. The smallest absolute Gasteiger partial charge is 0.0608 e. The molecule has 0 N–H and O–H groups in total. The maximum Gasteiger partial charge on any atom is 0.0608 e. The lowest BCUT2D eigenvalue weighted by atomic mass is 10.0. The van der Waals surface area contributed by atoms with Crippen LogP contribution in [0.4, 0.5) is 0 Å². The molecule has 0 aromatic rings. The first kappa shape index (κ1) is 10.9. The van der Waals surface area contributed by atoms with Crippen molar-refractivity contribution < 1.29 is 0 Å². The summed E-state index contributed by atoms with van der Waals surface area (Å²) in [5.74, 6) is 0.447. The van der Waals surface area contributed by atoms with Gasteiger partial charge in [-0.3, -0.25) is 0 Å². The van der Waals surface area contributed by atoms with Gasteiger partial charge in [0.25, 0.3) is 0 Å². The van der Waals surface area contributed by atoms with Crippen LogP contribution in [0.3, 0.4) is 0 Å². The zero-order valence-electron chi connectivity index (χ0n) is 7.93. The zero-order chi connectivity index (χ0) is 9.84. The average Bonchev–Trinajstić information content (AvgIpc) is 2.28. The van der Waals surface area contributed by atoms with E-state index >= 15 is 0 Å². The third-order valence-corrected chi connectivity index (χ3v) is 3.02. The zero-order valence-corrected chi connectivity index (χ0v) is 9.44. The second-order valence-electron chi connectivity index (χ2n) is 3.53. The van der Waals surface area contributed by atoms with Crippen LogP contribution in [-0.2, 0) is 0 Å². The summed E-state index contributed by atoms with van der Waals surface area (Å²) in [6.45, 7) is 4.23. The number of rotatable bonds is 2. The normalized spacial score (nSPS) is 19.5. The Kier molecular flexibility index (Phi) is 4.08. The van der Waals surface area contributed by atoms with Crippen molar-refractivity contribution >= 4 is 23.2 Å². The molecule has 72 valence electrons. The summed E-state index contributed by atoms with van der Waals surface area (Å²) in [6, 6.07) is 0. The van der Waals surface area contributed by atoms with Crippen molar-refractivity contribution in [2.45, 2.75) is 25.6 Å². The van der Waals surface area contributed by atoms with Crippen LogP contribution in [0, 0.1) is 5.92 Å². The Balaban J connectivity index is 2.80. The summed E-state index contributed by atoms with van der Waals surface area (Å²) >= 11 is 12.1. The predicted octanol–water partition coefficient (Wildman–Crippen LogP) is 4.26. The van der Waals surface area contributed by atoms with Gasteiger partial charge in [-0.25, -0.2) is 0 Å². The fraction of sp³-hybridized carbons (Fsp3) is 0.455. The highest BCUT2D eigenvalue weighted by Crippen LogP contribution is 2.23. The third kappa shape index (κ3) is 3.21. The van der Waals surface area contributed by atoms with Crippen molar-refractivity contribution in [2.75, 3.05) is 0 Å². The van der Waals surface area contributed by atoms with E-state index in [9.17, 15) is 0 Å². The van der Waals surface area contributed by atoms with Crippen molar-refractivity contribution in [2.24, 2.45) is 5.92 Å². The molecule has 0 radical (unpaired) electrons. The van der Waals surface area contributed by atoms with Crippen molar-refractivity contribution in [1.29, 1.82) is 0 Å². The quantitative estimate of drug-likeness (QED) is 0.606. The van der Waals surface area contributed by atoms with Gasteiger partial charge in [0.15, 0.2) is 0 Å². The third-order valence-electron chi connectivity index (χ3n) is 1.98. The van der Waals surface area contributed by atoms with E-state index in [-0.39, 0.29) is 5.38 Å². The SMILES string of the molecule is CC(C)C(Cl)C1=CC=C(Cl)CC=C1. The average molecular weight is 217 g/mol. The van der Waals surface area contributed by atoms with Gasteiger partial charge in [-0.2, -0.15) is 0 Å². The molecule has 0 amide bonds. The van der Waals surface area contributed by atoms with Gasteiger partial charge in [0.05, 0.1) is 5.38 Å². The molecule has 0 bridgehead atoms. The summed E-state index contributed by atoms with van der Waals surface area (Å²) in [5.41, 5.74) is 1.15. The number of halogens is 2. The summed E-state index contributed by atoms with van der Waals surface area (Å²) in [6.07, 6.45) is 8.85. The monoisotopic (exact) mass is 216 g/mol. The molecule has 2 heteroatoms. The van der Waals surface area contributed by atoms with Crippen molar-refractivity contribution in [3.8, 4) is 0 Å². The lowest BCUT2D eigenvalue weighted by Gasteiger charge is -2.13. The Labute approximate surface area is 89.9 Å². The maximum atomic E-state index is 6.22. The van der Waals surface area contributed by atoms with Crippen molar-refractivity contribution in [3.05, 3.63) is 34.9 Å². The maximum absolute atomic E-state index is 6.22. The van der Waals surface area contributed by atoms with Crippen molar-refractivity contribution in [1.82, 2.24) is 0 Å². The van der Waals surface area contributed by atoms with Crippen LogP contribution in [-0.4, -0.2) is 5.38 Å². The fourth-order valence-electron chi connectivity index (χ4n) is 1.19. The van der Waals surface area contributed by atoms with Crippen LogP contribution >= 0.6 is 23.2 Å². The molecule has 0 fully saturated rings. The van der Waals surface area contributed by atoms with Gasteiger partial charge in [0.1, 0.15) is 0 Å². The molecule has 0 aliphatic heterocycles. The minimum atomic E-state index is 0.0788. The lowest BCUT2D eigenvalue weighted by molar-refractivity contribution is 0.658. The molecule has 1 rings (SSSR count). The summed E-state index contributed by atoms with van der Waals surface area (Å²) in [4.78, 5) is 0. The molecule has 0 aromatic heterocycles. The van der Waals surface area contributed by atoms with Gasteiger partial charge in [0.2, 0.25) is 0 Å². The molecule has 0 spiro atoms. The van der Waals surface area contributed by atoms with Crippen LogP contribution in [0.25, 0.3) is 0 Å². The minimum Gasteiger partial charge on any atom is -0.118 e. The molecule has 1 atom stereocenters. The fourth-order valence-corrected chi connectivity index (χ4v) is 1.48. The molecule has 1 aliphatic rings. The number of hydrogen-bond acceptors (Lipinski definition) is 0. The van der Waals surface area contributed by atoms with Crippen LogP contribution in [0.2, 0.25) is 0 Å². The van der Waals surface area contributed by atoms with E-state index in [0.717, 1.165) is 17.0 Å². The highest BCUT2D eigenvalue weighted by atomic mass is 35.5. The Morgan fingerprint density at radius 2 is 2.00 bits per heavy atom. The summed E-state index contributed by atoms with van der Waals surface area (Å²) in [5, 5.41) is 0.939.